The van der Waals surface area contributed by atoms with Gasteiger partial charge in [0.25, 0.3) is 5.69 Å². The summed E-state index contributed by atoms with van der Waals surface area (Å²) in [4.78, 5) is 20.5. The first-order valence-electron chi connectivity index (χ1n) is 6.54. The number of alkyl halides is 4. The van der Waals surface area contributed by atoms with Crippen molar-refractivity contribution in [1.29, 1.82) is 0 Å². The molecule has 0 saturated carbocycles. The maximum atomic E-state index is 13.1. The molecule has 0 heterocycles. The molecule has 0 saturated heterocycles. The Morgan fingerprint density at radius 3 is 2.28 bits per heavy atom. The number of nitrogens with one attached hydrogen (secondary N) is 1. The molecule has 1 rings (SSSR count). The lowest BCUT2D eigenvalue weighted by atomic mass is 10.2. The zero-order valence-electron chi connectivity index (χ0n) is 12.5. The summed E-state index contributed by atoms with van der Waals surface area (Å²) in [6, 6.07) is 0.165. The summed E-state index contributed by atoms with van der Waals surface area (Å²) in [5.41, 5.74) is -0.451. The number of hydrogen-bond acceptors (Lipinski definition) is 6. The van der Waals surface area contributed by atoms with Crippen LogP contribution in [0.1, 0.15) is 6.92 Å². The Hall–Kier alpha value is -1.92. The summed E-state index contributed by atoms with van der Waals surface area (Å²) in [7, 11) is -4.76. The number of sulfonamides is 1. The van der Waals surface area contributed by atoms with Crippen molar-refractivity contribution < 1.29 is 36.0 Å². The highest BCUT2D eigenvalue weighted by atomic mass is 35.5. The van der Waals surface area contributed by atoms with E-state index in [1.54, 1.807) is 0 Å². The van der Waals surface area contributed by atoms with Crippen LogP contribution < -0.4 is 4.72 Å². The quantitative estimate of drug-likeness (QED) is 0.321. The van der Waals surface area contributed by atoms with Gasteiger partial charge in [-0.1, -0.05) is 0 Å². The van der Waals surface area contributed by atoms with Crippen LogP contribution in [0.3, 0.4) is 0 Å². The molecule has 0 fully saturated rings. The number of nitrogens with zero attached hydrogens (tertiary/aromatic N) is 1. The topological polar surface area (TPSA) is 116 Å². The number of benzene rings is 1. The van der Waals surface area contributed by atoms with Crippen LogP contribution in [0.15, 0.2) is 29.2 Å². The van der Waals surface area contributed by atoms with Crippen LogP contribution in [-0.4, -0.2) is 43.5 Å². The van der Waals surface area contributed by atoms with Gasteiger partial charge in [0.05, 0.1) is 16.4 Å². The lowest BCUT2D eigenvalue weighted by Crippen LogP contribution is -2.53. The maximum Gasteiger partial charge on any atom is 0.406 e. The van der Waals surface area contributed by atoms with Crippen LogP contribution >= 0.6 is 11.6 Å². The van der Waals surface area contributed by atoms with E-state index in [1.165, 1.54) is 11.6 Å². The number of carbonyl (C=O) groups excluding carboxylic acids is 1. The normalized spacial score (nSPS) is 14.6. The number of rotatable bonds is 7. The number of ether oxygens (including phenoxy) is 1. The van der Waals surface area contributed by atoms with Gasteiger partial charge in [0.1, 0.15) is 6.04 Å². The SMILES string of the molecule is CCOC(=O)C(Cl)C(NS(=O)(=O)c1ccc([N+](=O)[O-])cc1)C(F)(F)F. The van der Waals surface area contributed by atoms with Gasteiger partial charge in [-0.05, 0) is 19.1 Å². The molecule has 0 aliphatic carbocycles. The molecule has 0 bridgehead atoms. The molecular weight excluding hydrogens is 393 g/mol. The monoisotopic (exact) mass is 404 g/mol. The molecule has 1 aromatic carbocycles. The predicted octanol–water partition coefficient (Wildman–Crippen LogP) is 1.97. The van der Waals surface area contributed by atoms with Crippen molar-refractivity contribution in [3.05, 3.63) is 34.4 Å². The van der Waals surface area contributed by atoms with Crippen molar-refractivity contribution in [3.63, 3.8) is 0 Å². The third-order valence-corrected chi connectivity index (χ3v) is 4.68. The predicted molar refractivity (Wildman–Crippen MR) is 79.5 cm³/mol. The number of esters is 1. The molecule has 1 aromatic rings. The van der Waals surface area contributed by atoms with E-state index in [4.69, 9.17) is 11.6 Å². The molecule has 0 amide bonds. The van der Waals surface area contributed by atoms with E-state index >= 15 is 0 Å². The first-order chi connectivity index (χ1) is 11.4. The molecule has 140 valence electrons. The fourth-order valence-corrected chi connectivity index (χ4v) is 3.21. The summed E-state index contributed by atoms with van der Waals surface area (Å²) in [5.74, 6) is -1.45. The zero-order valence-corrected chi connectivity index (χ0v) is 14.1. The van der Waals surface area contributed by atoms with E-state index < -0.39 is 49.1 Å². The standard InChI is InChI=1S/C12H12ClF3N2O6S/c1-2-24-11(19)9(13)10(12(14,15)16)17-25(22,23)8-5-3-7(4-6-8)18(20)21/h3-6,9-10,17H,2H2,1H3. The highest BCUT2D eigenvalue weighted by molar-refractivity contribution is 7.89. The lowest BCUT2D eigenvalue weighted by molar-refractivity contribution is -0.384. The third-order valence-electron chi connectivity index (χ3n) is 2.80. The second-order valence-electron chi connectivity index (χ2n) is 4.55. The minimum atomic E-state index is -5.19. The molecule has 2 atom stereocenters. The minimum Gasteiger partial charge on any atom is -0.465 e. The van der Waals surface area contributed by atoms with Crippen molar-refractivity contribution >= 4 is 33.3 Å². The van der Waals surface area contributed by atoms with Crippen molar-refractivity contribution in [3.8, 4) is 0 Å². The van der Waals surface area contributed by atoms with E-state index in [0.29, 0.717) is 0 Å². The van der Waals surface area contributed by atoms with Crippen LogP contribution in [0.4, 0.5) is 18.9 Å². The third kappa shape index (κ3) is 5.54. The fraction of sp³-hybridized carbons (Fsp3) is 0.417. The Bertz CT molecular complexity index is 738. The first kappa shape index (κ1) is 21.1. The number of nitro groups is 1. The second-order valence-corrected chi connectivity index (χ2v) is 6.73. The van der Waals surface area contributed by atoms with Gasteiger partial charge in [0.2, 0.25) is 10.0 Å². The fourth-order valence-electron chi connectivity index (χ4n) is 1.63. The van der Waals surface area contributed by atoms with E-state index in [0.717, 1.165) is 24.3 Å². The number of halogens is 4. The average molecular weight is 405 g/mol. The van der Waals surface area contributed by atoms with Gasteiger partial charge in [-0.25, -0.2) is 8.42 Å². The largest absolute Gasteiger partial charge is 0.465 e. The molecular formula is C12H12ClF3N2O6S. The average Bonchev–Trinajstić information content (AvgIpc) is 2.51. The number of hydrogen-bond donors (Lipinski definition) is 1. The minimum absolute atomic E-state index is 0.248. The zero-order chi connectivity index (χ0) is 19.4. The van der Waals surface area contributed by atoms with Crippen molar-refractivity contribution in [2.75, 3.05) is 6.61 Å². The summed E-state index contributed by atoms with van der Waals surface area (Å²) < 4.78 is 69.0. The van der Waals surface area contributed by atoms with Crippen molar-refractivity contribution in [2.24, 2.45) is 0 Å². The van der Waals surface area contributed by atoms with Crippen LogP contribution in [0, 0.1) is 10.1 Å². The Kier molecular flexibility index (Phi) is 6.74. The van der Waals surface area contributed by atoms with Gasteiger partial charge in [0.15, 0.2) is 5.38 Å². The molecule has 0 aliphatic heterocycles. The van der Waals surface area contributed by atoms with E-state index in [2.05, 4.69) is 4.74 Å². The Labute approximate surface area is 145 Å². The second kappa shape index (κ2) is 7.97. The molecule has 8 nitrogen and oxygen atoms in total. The molecule has 25 heavy (non-hydrogen) atoms. The Morgan fingerprint density at radius 2 is 1.88 bits per heavy atom. The maximum absolute atomic E-state index is 13.1. The summed E-state index contributed by atoms with van der Waals surface area (Å²) in [5, 5.41) is 8.17. The summed E-state index contributed by atoms with van der Waals surface area (Å²) >= 11 is 5.41. The number of non-ortho nitro benzene ring substituents is 1. The molecule has 0 radical (unpaired) electrons. The van der Waals surface area contributed by atoms with Gasteiger partial charge >= 0.3 is 12.1 Å². The summed E-state index contributed by atoms with van der Waals surface area (Å²) in [6.45, 7) is 1.09. The summed E-state index contributed by atoms with van der Waals surface area (Å²) in [6.07, 6.45) is -5.19. The molecule has 0 aromatic heterocycles. The van der Waals surface area contributed by atoms with Crippen molar-refractivity contribution in [1.82, 2.24) is 4.72 Å². The van der Waals surface area contributed by atoms with Gasteiger partial charge in [-0.3, -0.25) is 14.9 Å². The molecule has 0 spiro atoms. The molecule has 13 heteroatoms. The van der Waals surface area contributed by atoms with Gasteiger partial charge in [0, 0.05) is 12.1 Å². The van der Waals surface area contributed by atoms with E-state index in [-0.39, 0.29) is 6.61 Å². The Morgan fingerprint density at radius 1 is 1.36 bits per heavy atom. The van der Waals surface area contributed by atoms with Crippen LogP contribution in [0.25, 0.3) is 0 Å². The van der Waals surface area contributed by atoms with Crippen LogP contribution in [-0.2, 0) is 19.6 Å². The molecule has 0 aliphatic rings. The molecule has 1 N–H and O–H groups in total. The van der Waals surface area contributed by atoms with Crippen LogP contribution in [0.2, 0.25) is 0 Å². The van der Waals surface area contributed by atoms with E-state index in [9.17, 15) is 36.5 Å². The number of carbonyl (C=O) groups is 1. The van der Waals surface area contributed by atoms with Crippen molar-refractivity contribution in [2.45, 2.75) is 29.4 Å². The van der Waals surface area contributed by atoms with Gasteiger partial charge in [-0.2, -0.15) is 17.9 Å². The lowest BCUT2D eigenvalue weighted by Gasteiger charge is -2.24. The van der Waals surface area contributed by atoms with Crippen LogP contribution in [0.5, 0.6) is 0 Å². The molecule has 2 unspecified atom stereocenters. The van der Waals surface area contributed by atoms with E-state index in [1.807, 2.05) is 0 Å². The highest BCUT2D eigenvalue weighted by Crippen LogP contribution is 2.28. The number of nitro benzene ring substituents is 1. The first-order valence-corrected chi connectivity index (χ1v) is 8.46. The highest BCUT2D eigenvalue weighted by Gasteiger charge is 2.49. The Balaban J connectivity index is 3.13. The smallest absolute Gasteiger partial charge is 0.406 e. The van der Waals surface area contributed by atoms with Gasteiger partial charge < -0.3 is 4.74 Å². The van der Waals surface area contributed by atoms with Gasteiger partial charge in [-0.15, -0.1) is 11.6 Å².